The van der Waals surface area contributed by atoms with Crippen molar-refractivity contribution in [1.82, 2.24) is 0 Å². The predicted octanol–water partition coefficient (Wildman–Crippen LogP) is 5.60. The molecule has 2 nitrogen and oxygen atoms in total. The number of hydrogen-bond donors (Lipinski definition) is 0. The molecule has 0 atom stereocenters. The molecule has 0 saturated carbocycles. The van der Waals surface area contributed by atoms with E-state index < -0.39 is 8.32 Å². The normalized spacial score (nSPS) is 13.5. The van der Waals surface area contributed by atoms with E-state index >= 15 is 0 Å². The highest BCUT2D eigenvalue weighted by Crippen LogP contribution is 2.21. The summed E-state index contributed by atoms with van der Waals surface area (Å²) in [5, 5.41) is 0. The third kappa shape index (κ3) is 7.18. The van der Waals surface area contributed by atoms with Gasteiger partial charge in [0.15, 0.2) is 0 Å². The molecule has 0 N–H and O–H groups in total. The fourth-order valence-corrected chi connectivity index (χ4v) is 2.48. The van der Waals surface area contributed by atoms with Crippen LogP contribution >= 0.6 is 0 Å². The summed E-state index contributed by atoms with van der Waals surface area (Å²) >= 11 is 0. The molecular weight excluding hydrogens is 276 g/mol. The lowest BCUT2D eigenvalue weighted by Gasteiger charge is -2.25. The van der Waals surface area contributed by atoms with Crippen LogP contribution in [0.1, 0.15) is 32.8 Å². The molecule has 0 saturated heterocycles. The van der Waals surface area contributed by atoms with Gasteiger partial charge in [-0.05, 0) is 45.5 Å². The smallest absolute Gasteiger partial charge is 0.268 e. The fourth-order valence-electron chi connectivity index (χ4n) is 1.75. The highest BCUT2D eigenvalue weighted by molar-refractivity contribution is 6.70. The summed E-state index contributed by atoms with van der Waals surface area (Å²) in [5.41, 5.74) is 2.29. The lowest BCUT2D eigenvalue weighted by molar-refractivity contribution is 0.0569. The second-order valence-electron chi connectivity index (χ2n) is 6.29. The Morgan fingerprint density at radius 2 is 1.76 bits per heavy atom. The zero-order valence-corrected chi connectivity index (χ0v) is 15.1. The van der Waals surface area contributed by atoms with Crippen LogP contribution in [-0.2, 0) is 9.16 Å². The lowest BCUT2D eigenvalue weighted by Crippen LogP contribution is -2.27. The van der Waals surface area contributed by atoms with E-state index in [9.17, 15) is 0 Å². The Bertz CT molecular complexity index is 482. The summed E-state index contributed by atoms with van der Waals surface area (Å²) in [6.45, 7) is 12.7. The van der Waals surface area contributed by atoms with Crippen molar-refractivity contribution < 1.29 is 9.16 Å². The Morgan fingerprint density at radius 1 is 1.14 bits per heavy atom. The van der Waals surface area contributed by atoms with Gasteiger partial charge >= 0.3 is 0 Å². The molecule has 0 aliphatic heterocycles. The number of hydrogen-bond acceptors (Lipinski definition) is 2. The number of benzene rings is 1. The van der Waals surface area contributed by atoms with Crippen molar-refractivity contribution in [2.24, 2.45) is 0 Å². The van der Waals surface area contributed by atoms with Crippen LogP contribution < -0.4 is 0 Å². The summed E-state index contributed by atoms with van der Waals surface area (Å²) in [4.78, 5) is 0. The van der Waals surface area contributed by atoms with Crippen molar-refractivity contribution in [2.45, 2.75) is 52.9 Å². The van der Waals surface area contributed by atoms with Gasteiger partial charge in [-0.1, -0.05) is 49.4 Å². The average molecular weight is 305 g/mol. The van der Waals surface area contributed by atoms with Gasteiger partial charge in [0.25, 0.3) is 5.95 Å². The van der Waals surface area contributed by atoms with Gasteiger partial charge in [0.2, 0.25) is 8.32 Å². The van der Waals surface area contributed by atoms with Gasteiger partial charge in [-0.25, -0.2) is 0 Å². The molecule has 0 unspecified atom stereocenters. The minimum atomic E-state index is -1.69. The third-order valence-electron chi connectivity index (χ3n) is 2.66. The van der Waals surface area contributed by atoms with Crippen LogP contribution in [0.15, 0.2) is 47.9 Å². The highest BCUT2D eigenvalue weighted by atomic mass is 28.4. The van der Waals surface area contributed by atoms with E-state index in [2.05, 4.69) is 50.8 Å². The Labute approximate surface area is 130 Å². The van der Waals surface area contributed by atoms with Crippen molar-refractivity contribution >= 4 is 14.4 Å². The van der Waals surface area contributed by atoms with Gasteiger partial charge in [-0.3, -0.25) is 0 Å². The van der Waals surface area contributed by atoms with Crippen LogP contribution in [0.3, 0.4) is 0 Å². The van der Waals surface area contributed by atoms with Gasteiger partial charge in [-0.15, -0.1) is 0 Å². The fraction of sp³-hybridized carbons (Fsp3) is 0.444. The third-order valence-corrected chi connectivity index (χ3v) is 3.46. The molecule has 1 aromatic rings. The zero-order chi connectivity index (χ0) is 15.9. The van der Waals surface area contributed by atoms with Gasteiger partial charge in [0.1, 0.15) is 0 Å². The number of rotatable bonds is 7. The average Bonchev–Trinajstić information content (AvgIpc) is 2.38. The van der Waals surface area contributed by atoms with E-state index in [0.29, 0.717) is 5.95 Å². The molecule has 21 heavy (non-hydrogen) atoms. The maximum Gasteiger partial charge on any atom is 0.268 e. The first-order valence-corrected chi connectivity index (χ1v) is 11.0. The molecule has 3 heteroatoms. The molecular formula is C18H28O2Si. The van der Waals surface area contributed by atoms with Crippen LogP contribution in [0.4, 0.5) is 0 Å². The summed E-state index contributed by atoms with van der Waals surface area (Å²) in [6, 6.07) is 10.3. The van der Waals surface area contributed by atoms with Crippen LogP contribution in [0.25, 0.3) is 6.08 Å². The standard InChI is InChI=1S/C18H28O2Si/c1-7-17(14-13-16-11-9-8-10-12-16)18(19-15(2)3)20-21(4,5)6/h8-15H,7H2,1-6H3/b14-13+,18-17-. The van der Waals surface area contributed by atoms with E-state index in [1.807, 2.05) is 32.0 Å². The van der Waals surface area contributed by atoms with Crippen LogP contribution in [-0.4, -0.2) is 14.4 Å². The molecule has 0 bridgehead atoms. The Morgan fingerprint density at radius 3 is 2.24 bits per heavy atom. The molecule has 0 aliphatic rings. The first kappa shape index (κ1) is 17.6. The molecule has 0 heterocycles. The van der Waals surface area contributed by atoms with Gasteiger partial charge in [0.05, 0.1) is 6.10 Å². The molecule has 1 rings (SSSR count). The molecule has 0 amide bonds. The van der Waals surface area contributed by atoms with Gasteiger partial charge < -0.3 is 9.16 Å². The summed E-state index contributed by atoms with van der Waals surface area (Å²) < 4.78 is 12.0. The van der Waals surface area contributed by atoms with Crippen molar-refractivity contribution in [3.8, 4) is 0 Å². The van der Waals surface area contributed by atoms with E-state index in [1.165, 1.54) is 5.56 Å². The second-order valence-corrected chi connectivity index (χ2v) is 10.7. The summed E-state index contributed by atoms with van der Waals surface area (Å²) in [7, 11) is -1.69. The molecule has 0 aromatic heterocycles. The first-order chi connectivity index (χ1) is 9.81. The Balaban J connectivity index is 3.04. The zero-order valence-electron chi connectivity index (χ0n) is 14.1. The lowest BCUT2D eigenvalue weighted by atomic mass is 10.1. The molecule has 0 radical (unpaired) electrons. The van der Waals surface area contributed by atoms with E-state index in [1.54, 1.807) is 0 Å². The van der Waals surface area contributed by atoms with Crippen molar-refractivity contribution in [2.75, 3.05) is 0 Å². The summed E-state index contributed by atoms with van der Waals surface area (Å²) in [5.74, 6) is 0.693. The predicted molar refractivity (Wildman–Crippen MR) is 93.4 cm³/mol. The van der Waals surface area contributed by atoms with Crippen molar-refractivity contribution in [3.05, 3.63) is 53.5 Å². The Kier molecular flexibility index (Phi) is 6.76. The van der Waals surface area contributed by atoms with Crippen LogP contribution in [0.2, 0.25) is 19.6 Å². The van der Waals surface area contributed by atoms with Gasteiger partial charge in [-0.2, -0.15) is 0 Å². The second kappa shape index (κ2) is 8.08. The maximum absolute atomic E-state index is 6.14. The maximum atomic E-state index is 6.14. The van der Waals surface area contributed by atoms with Crippen LogP contribution in [0, 0.1) is 0 Å². The first-order valence-electron chi connectivity index (χ1n) is 7.63. The topological polar surface area (TPSA) is 18.5 Å². The summed E-state index contributed by atoms with van der Waals surface area (Å²) in [6.07, 6.45) is 5.21. The minimum absolute atomic E-state index is 0.114. The van der Waals surface area contributed by atoms with Crippen LogP contribution in [0.5, 0.6) is 0 Å². The minimum Gasteiger partial charge on any atom is -0.520 e. The molecule has 0 fully saturated rings. The molecule has 116 valence electrons. The number of ether oxygens (including phenoxy) is 1. The van der Waals surface area contributed by atoms with E-state index in [-0.39, 0.29) is 6.10 Å². The van der Waals surface area contributed by atoms with E-state index in [4.69, 9.17) is 9.16 Å². The highest BCUT2D eigenvalue weighted by Gasteiger charge is 2.21. The Hall–Kier alpha value is -1.48. The van der Waals surface area contributed by atoms with Crippen molar-refractivity contribution in [3.63, 3.8) is 0 Å². The largest absolute Gasteiger partial charge is 0.520 e. The molecule has 1 aromatic carbocycles. The number of allylic oxidation sites excluding steroid dienone is 2. The van der Waals surface area contributed by atoms with E-state index in [0.717, 1.165) is 12.0 Å². The SMILES string of the molecule is CCC(/C=C/c1ccccc1)=C(\OC(C)C)O[Si](C)(C)C. The quantitative estimate of drug-likeness (QED) is 0.371. The van der Waals surface area contributed by atoms with Crippen molar-refractivity contribution in [1.29, 1.82) is 0 Å². The monoisotopic (exact) mass is 304 g/mol. The molecule has 0 aliphatic carbocycles. The molecule has 0 spiro atoms. The van der Waals surface area contributed by atoms with Gasteiger partial charge in [0, 0.05) is 5.57 Å².